The number of rotatable bonds is 5. The van der Waals surface area contributed by atoms with Crippen molar-refractivity contribution in [1.29, 1.82) is 0 Å². The van der Waals surface area contributed by atoms with Crippen LogP contribution in [0.3, 0.4) is 0 Å². The molecule has 32 heavy (non-hydrogen) atoms. The van der Waals surface area contributed by atoms with Gasteiger partial charge >= 0.3 is 0 Å². The van der Waals surface area contributed by atoms with E-state index >= 15 is 0 Å². The number of aromatic nitrogens is 5. The molecule has 0 bridgehead atoms. The molecule has 0 atom stereocenters. The largest absolute Gasteiger partial charge is 0.456 e. The second-order valence-corrected chi connectivity index (χ2v) is 7.51. The number of ether oxygens (including phenoxy) is 1. The zero-order valence-electron chi connectivity index (χ0n) is 17.4. The topological polar surface area (TPSA) is 104 Å². The Morgan fingerprint density at radius 2 is 2.00 bits per heavy atom. The third-order valence-electron chi connectivity index (χ3n) is 5.27. The van der Waals surface area contributed by atoms with Crippen LogP contribution in [0.2, 0.25) is 0 Å². The van der Waals surface area contributed by atoms with Crippen molar-refractivity contribution in [3.63, 3.8) is 0 Å². The summed E-state index contributed by atoms with van der Waals surface area (Å²) in [5.41, 5.74) is 2.44. The molecular formula is C23H20N6O3. The van der Waals surface area contributed by atoms with Crippen LogP contribution in [0.15, 0.2) is 66.0 Å². The first-order valence-electron chi connectivity index (χ1n) is 10.2. The minimum Gasteiger partial charge on any atom is -0.456 e. The molecule has 0 radical (unpaired) electrons. The Labute approximate surface area is 183 Å². The van der Waals surface area contributed by atoms with Crippen LogP contribution in [0.1, 0.15) is 22.5 Å². The van der Waals surface area contributed by atoms with Crippen molar-refractivity contribution in [2.24, 2.45) is 7.05 Å². The van der Waals surface area contributed by atoms with Crippen LogP contribution in [0.4, 0.5) is 5.82 Å². The molecule has 4 aromatic heterocycles. The van der Waals surface area contributed by atoms with Crippen LogP contribution in [-0.2, 0) is 20.0 Å². The number of nitrogens with one attached hydrogen (secondary N) is 1. The number of pyridine rings is 3. The molecule has 9 heteroatoms. The second-order valence-electron chi connectivity index (χ2n) is 7.51. The zero-order valence-corrected chi connectivity index (χ0v) is 17.4. The molecule has 1 aliphatic heterocycles. The predicted molar refractivity (Wildman–Crippen MR) is 118 cm³/mol. The highest BCUT2D eigenvalue weighted by Gasteiger charge is 2.18. The lowest BCUT2D eigenvalue weighted by molar-refractivity contribution is 0.102. The smallest absolute Gasteiger partial charge is 0.263 e. The Balaban J connectivity index is 1.28. The summed E-state index contributed by atoms with van der Waals surface area (Å²) in [6.07, 6.45) is 8.56. The van der Waals surface area contributed by atoms with Crippen LogP contribution in [0.5, 0.6) is 11.5 Å². The third-order valence-corrected chi connectivity index (χ3v) is 5.27. The molecule has 160 valence electrons. The van der Waals surface area contributed by atoms with E-state index in [-0.39, 0.29) is 11.1 Å². The molecule has 0 saturated carbocycles. The van der Waals surface area contributed by atoms with Gasteiger partial charge in [0.2, 0.25) is 0 Å². The fourth-order valence-corrected chi connectivity index (χ4v) is 3.69. The molecule has 0 spiro atoms. The summed E-state index contributed by atoms with van der Waals surface area (Å²) in [4.78, 5) is 33.7. The average Bonchev–Trinajstić information content (AvgIpc) is 3.45. The van der Waals surface area contributed by atoms with Gasteiger partial charge in [-0.15, -0.1) is 0 Å². The van der Waals surface area contributed by atoms with E-state index in [1.807, 2.05) is 25.4 Å². The maximum Gasteiger partial charge on any atom is 0.263 e. The van der Waals surface area contributed by atoms with Gasteiger partial charge < -0.3 is 14.6 Å². The second kappa shape index (κ2) is 8.10. The van der Waals surface area contributed by atoms with Gasteiger partial charge in [0.05, 0.1) is 18.1 Å². The van der Waals surface area contributed by atoms with Crippen molar-refractivity contribution in [2.75, 3.05) is 5.32 Å². The lowest BCUT2D eigenvalue weighted by Gasteiger charge is -2.09. The number of amides is 1. The number of carbonyl (C=O) groups is 1. The van der Waals surface area contributed by atoms with Gasteiger partial charge in [-0.05, 0) is 43.2 Å². The Hall–Kier alpha value is -4.27. The molecule has 5 heterocycles. The van der Waals surface area contributed by atoms with Gasteiger partial charge in [0.25, 0.3) is 11.5 Å². The fourth-order valence-electron chi connectivity index (χ4n) is 3.69. The minimum absolute atomic E-state index is 0.109. The van der Waals surface area contributed by atoms with Crippen molar-refractivity contribution in [3.8, 4) is 22.8 Å². The molecule has 9 nitrogen and oxygen atoms in total. The number of hydrogen-bond acceptors (Lipinski definition) is 6. The Kier molecular flexibility index (Phi) is 4.98. The maximum absolute atomic E-state index is 12.6. The van der Waals surface area contributed by atoms with Gasteiger partial charge in [0.1, 0.15) is 22.9 Å². The first kappa shape index (κ1) is 19.7. The van der Waals surface area contributed by atoms with E-state index in [0.717, 1.165) is 29.8 Å². The Bertz CT molecular complexity index is 1360. The predicted octanol–water partition coefficient (Wildman–Crippen LogP) is 3.03. The maximum atomic E-state index is 12.6. The molecular weight excluding hydrogens is 408 g/mol. The van der Waals surface area contributed by atoms with Crippen molar-refractivity contribution < 1.29 is 9.53 Å². The first-order chi connectivity index (χ1) is 15.6. The van der Waals surface area contributed by atoms with E-state index in [1.165, 1.54) is 6.20 Å². The lowest BCUT2D eigenvalue weighted by Crippen LogP contribution is -2.29. The Morgan fingerprint density at radius 3 is 2.78 bits per heavy atom. The first-order valence-corrected chi connectivity index (χ1v) is 10.2. The van der Waals surface area contributed by atoms with Crippen molar-refractivity contribution in [1.82, 2.24) is 24.3 Å². The van der Waals surface area contributed by atoms with Crippen LogP contribution in [0.25, 0.3) is 11.3 Å². The molecule has 0 aromatic carbocycles. The van der Waals surface area contributed by atoms with E-state index in [9.17, 15) is 9.59 Å². The quantitative estimate of drug-likeness (QED) is 0.524. The number of carbonyl (C=O) groups excluding carboxylic acids is 1. The normalized spacial score (nSPS) is 12.4. The highest BCUT2D eigenvalue weighted by molar-refractivity contribution is 6.03. The van der Waals surface area contributed by atoms with E-state index in [4.69, 9.17) is 4.74 Å². The van der Waals surface area contributed by atoms with Crippen molar-refractivity contribution in [3.05, 3.63) is 82.8 Å². The third kappa shape index (κ3) is 3.87. The number of aryl methyl sites for hydroxylation is 2. The molecule has 5 rings (SSSR count). The van der Waals surface area contributed by atoms with Crippen molar-refractivity contribution >= 4 is 11.7 Å². The zero-order chi connectivity index (χ0) is 22.1. The standard InChI is InChI=1S/C23H20N6O3/c1-28-14-15(12-26-28)20-11-17(8-9-24-20)32-18-5-7-21(25-13-18)27-22(30)19-6-4-16-3-2-10-29(16)23(19)31/h4-9,11-14H,2-3,10H2,1H3,(H,25,27,30). The molecule has 1 N–H and O–H groups in total. The van der Waals surface area contributed by atoms with Gasteiger partial charge in [0.15, 0.2) is 0 Å². The molecule has 1 aliphatic rings. The minimum atomic E-state index is -0.478. The fraction of sp³-hybridized carbons (Fsp3) is 0.174. The molecule has 1 amide bonds. The molecule has 0 saturated heterocycles. The summed E-state index contributed by atoms with van der Waals surface area (Å²) in [7, 11) is 1.84. The summed E-state index contributed by atoms with van der Waals surface area (Å²) in [6.45, 7) is 0.650. The van der Waals surface area contributed by atoms with Gasteiger partial charge in [-0.3, -0.25) is 19.3 Å². The summed E-state index contributed by atoms with van der Waals surface area (Å²) < 4.78 is 9.23. The van der Waals surface area contributed by atoms with E-state index in [1.54, 1.807) is 45.9 Å². The van der Waals surface area contributed by atoms with Gasteiger partial charge in [0, 0.05) is 43.3 Å². The van der Waals surface area contributed by atoms with Crippen molar-refractivity contribution in [2.45, 2.75) is 19.4 Å². The van der Waals surface area contributed by atoms with Crippen LogP contribution >= 0.6 is 0 Å². The Morgan fingerprint density at radius 1 is 1.09 bits per heavy atom. The summed E-state index contributed by atoms with van der Waals surface area (Å²) in [5.74, 6) is 0.958. The highest BCUT2D eigenvalue weighted by atomic mass is 16.5. The lowest BCUT2D eigenvalue weighted by atomic mass is 10.2. The summed E-state index contributed by atoms with van der Waals surface area (Å²) in [6, 6.07) is 10.3. The van der Waals surface area contributed by atoms with E-state index < -0.39 is 5.91 Å². The van der Waals surface area contributed by atoms with Gasteiger partial charge in [-0.1, -0.05) is 0 Å². The SMILES string of the molecule is Cn1cc(-c2cc(Oc3ccc(NC(=O)c4ccc5n(c4=O)CCC5)nc3)ccn2)cn1. The van der Waals surface area contributed by atoms with Crippen LogP contribution < -0.4 is 15.6 Å². The molecule has 4 aromatic rings. The monoisotopic (exact) mass is 428 g/mol. The van der Waals surface area contributed by atoms with Crippen LogP contribution in [-0.4, -0.2) is 30.2 Å². The van der Waals surface area contributed by atoms with Gasteiger partial charge in [-0.25, -0.2) is 4.98 Å². The van der Waals surface area contributed by atoms with E-state index in [2.05, 4.69) is 20.4 Å². The molecule has 0 unspecified atom stereocenters. The van der Waals surface area contributed by atoms with Crippen LogP contribution in [0, 0.1) is 0 Å². The molecule has 0 aliphatic carbocycles. The number of hydrogen-bond donors (Lipinski definition) is 1. The van der Waals surface area contributed by atoms with Gasteiger partial charge in [-0.2, -0.15) is 5.10 Å². The number of nitrogens with zero attached hydrogens (tertiary/aromatic N) is 5. The molecule has 0 fully saturated rings. The highest BCUT2D eigenvalue weighted by Crippen LogP contribution is 2.25. The number of anilines is 1. The summed E-state index contributed by atoms with van der Waals surface area (Å²) in [5, 5.41) is 6.83. The van der Waals surface area contributed by atoms with E-state index in [0.29, 0.717) is 23.9 Å². The average molecular weight is 428 g/mol. The summed E-state index contributed by atoms with van der Waals surface area (Å²) >= 11 is 0. The number of fused-ring (bicyclic) bond motifs is 1.